The number of nitrogens with two attached hydrogens (primary N) is 1. The lowest BCUT2D eigenvalue weighted by Crippen LogP contribution is -2.34. The van der Waals surface area contributed by atoms with Crippen LogP contribution in [0.3, 0.4) is 0 Å². The summed E-state index contributed by atoms with van der Waals surface area (Å²) < 4.78 is 11.3. The van der Waals surface area contributed by atoms with Crippen LogP contribution in [0.25, 0.3) is 10.9 Å². The van der Waals surface area contributed by atoms with Gasteiger partial charge in [0.05, 0.1) is 0 Å². The summed E-state index contributed by atoms with van der Waals surface area (Å²) in [5.74, 6) is 1.04. The van der Waals surface area contributed by atoms with Gasteiger partial charge in [-0.15, -0.1) is 0 Å². The summed E-state index contributed by atoms with van der Waals surface area (Å²) in [7, 11) is 0. The molecule has 2 aromatic carbocycles. The van der Waals surface area contributed by atoms with Crippen LogP contribution in [0.4, 0.5) is 11.5 Å². The average molecular weight is 416 g/mol. The first-order chi connectivity index (χ1) is 15.1. The normalized spacial score (nSPS) is 10.5. The van der Waals surface area contributed by atoms with Crippen LogP contribution < -0.4 is 26.1 Å². The van der Waals surface area contributed by atoms with Crippen LogP contribution in [0.5, 0.6) is 17.4 Å². The molecule has 0 atom stereocenters. The van der Waals surface area contributed by atoms with E-state index in [9.17, 15) is 4.79 Å². The third-order valence-corrected chi connectivity index (χ3v) is 4.31. The smallest absolute Gasteiger partial charge is 0.276 e. The van der Waals surface area contributed by atoms with E-state index >= 15 is 0 Å². The maximum absolute atomic E-state index is 12.0. The third kappa shape index (κ3) is 4.78. The molecule has 31 heavy (non-hydrogen) atoms. The zero-order valence-electron chi connectivity index (χ0n) is 16.7. The first-order valence-electron chi connectivity index (χ1n) is 9.47. The van der Waals surface area contributed by atoms with Crippen LogP contribution in [0.2, 0.25) is 0 Å². The number of carbonyl (C=O) groups excluding carboxylic acids is 1. The van der Waals surface area contributed by atoms with Crippen LogP contribution in [0, 0.1) is 6.92 Å². The number of pyridine rings is 1. The number of hydrogen-bond donors (Lipinski definition) is 3. The first-order valence-corrected chi connectivity index (χ1v) is 9.47. The Bertz CT molecular complexity index is 1220. The molecular weight excluding hydrogens is 396 g/mol. The van der Waals surface area contributed by atoms with Crippen molar-refractivity contribution >= 4 is 28.3 Å². The van der Waals surface area contributed by atoms with Gasteiger partial charge in [0, 0.05) is 11.1 Å². The number of rotatable bonds is 7. The van der Waals surface area contributed by atoms with Crippen LogP contribution in [-0.2, 0) is 4.79 Å². The molecule has 1 amide bonds. The van der Waals surface area contributed by atoms with Crippen molar-refractivity contribution < 1.29 is 14.3 Å². The van der Waals surface area contributed by atoms with Crippen molar-refractivity contribution in [2.75, 3.05) is 17.8 Å². The van der Waals surface area contributed by atoms with Gasteiger partial charge >= 0.3 is 0 Å². The molecule has 0 saturated carbocycles. The summed E-state index contributed by atoms with van der Waals surface area (Å²) >= 11 is 0. The van der Waals surface area contributed by atoms with Gasteiger partial charge in [0.25, 0.3) is 5.91 Å². The molecule has 0 saturated heterocycles. The van der Waals surface area contributed by atoms with Gasteiger partial charge in [-0.25, -0.2) is 9.97 Å². The van der Waals surface area contributed by atoms with Crippen LogP contribution in [0.1, 0.15) is 5.69 Å². The number of ether oxygens (including phenoxy) is 2. The lowest BCUT2D eigenvalue weighted by atomic mass is 10.2. The molecule has 0 aliphatic heterocycles. The van der Waals surface area contributed by atoms with Crippen LogP contribution in [0.15, 0.2) is 67.0 Å². The minimum absolute atomic E-state index is 0.136. The molecule has 0 radical (unpaired) electrons. The van der Waals surface area contributed by atoms with Crippen molar-refractivity contribution in [1.29, 1.82) is 0 Å². The summed E-state index contributed by atoms with van der Waals surface area (Å²) in [4.78, 5) is 24.7. The highest BCUT2D eigenvalue weighted by Crippen LogP contribution is 2.32. The van der Waals surface area contributed by atoms with E-state index in [0.717, 1.165) is 11.1 Å². The van der Waals surface area contributed by atoms with Crippen molar-refractivity contribution in [3.63, 3.8) is 0 Å². The number of nitrogens with one attached hydrogen (secondary N) is 2. The van der Waals surface area contributed by atoms with E-state index in [-0.39, 0.29) is 24.0 Å². The fourth-order valence-corrected chi connectivity index (χ4v) is 2.79. The molecule has 9 nitrogen and oxygen atoms in total. The van der Waals surface area contributed by atoms with Crippen molar-refractivity contribution in [3.05, 3.63) is 72.7 Å². The second-order valence-electron chi connectivity index (χ2n) is 6.60. The lowest BCUT2D eigenvalue weighted by molar-refractivity contribution is -0.122. The number of anilines is 2. The lowest BCUT2D eigenvalue weighted by Gasteiger charge is -2.13. The van der Waals surface area contributed by atoms with Gasteiger partial charge in [0.15, 0.2) is 18.2 Å². The fourth-order valence-electron chi connectivity index (χ4n) is 2.79. The predicted molar refractivity (Wildman–Crippen MR) is 117 cm³/mol. The van der Waals surface area contributed by atoms with Crippen molar-refractivity contribution in [2.45, 2.75) is 6.92 Å². The molecule has 2 aromatic heterocycles. The molecule has 156 valence electrons. The Balaban J connectivity index is 1.44. The minimum atomic E-state index is -0.405. The number of fused-ring (bicyclic) bond motifs is 1. The number of aryl methyl sites for hydroxylation is 1. The number of nitrogens with zero attached hydrogens (tertiary/aromatic N) is 3. The highest BCUT2D eigenvalue weighted by Gasteiger charge is 2.13. The summed E-state index contributed by atoms with van der Waals surface area (Å²) in [6, 6.07) is 18.5. The Morgan fingerprint density at radius 1 is 1.03 bits per heavy atom. The van der Waals surface area contributed by atoms with E-state index in [4.69, 9.17) is 15.2 Å². The van der Waals surface area contributed by atoms with Gasteiger partial charge in [-0.05, 0) is 31.2 Å². The number of benzene rings is 2. The van der Waals surface area contributed by atoms with Gasteiger partial charge in [-0.2, -0.15) is 4.98 Å². The molecular formula is C22H20N6O3. The molecule has 4 N–H and O–H groups in total. The van der Waals surface area contributed by atoms with E-state index < -0.39 is 5.91 Å². The number of hydrazine groups is 1. The molecule has 2 heterocycles. The monoisotopic (exact) mass is 416 g/mol. The zero-order chi connectivity index (χ0) is 21.6. The molecule has 0 unspecified atom stereocenters. The molecule has 0 aliphatic rings. The quantitative estimate of drug-likeness (QED) is 0.392. The Labute approximate surface area is 178 Å². The van der Waals surface area contributed by atoms with E-state index in [2.05, 4.69) is 25.8 Å². The maximum Gasteiger partial charge on any atom is 0.276 e. The number of para-hydroxylation sites is 2. The molecule has 0 fully saturated rings. The molecule has 0 aliphatic carbocycles. The summed E-state index contributed by atoms with van der Waals surface area (Å²) in [6.45, 7) is 1.73. The molecule has 4 rings (SSSR count). The zero-order valence-corrected chi connectivity index (χ0v) is 16.7. The summed E-state index contributed by atoms with van der Waals surface area (Å²) in [6.07, 6.45) is 1.28. The number of nitrogen functional groups attached to an aromatic ring is 1. The van der Waals surface area contributed by atoms with E-state index in [1.165, 1.54) is 6.33 Å². The Morgan fingerprint density at radius 3 is 2.71 bits per heavy atom. The van der Waals surface area contributed by atoms with E-state index in [1.54, 1.807) is 18.2 Å². The predicted octanol–water partition coefficient (Wildman–Crippen LogP) is 3.23. The van der Waals surface area contributed by atoms with Gasteiger partial charge in [0.1, 0.15) is 23.3 Å². The van der Waals surface area contributed by atoms with Crippen molar-refractivity contribution in [1.82, 2.24) is 20.4 Å². The maximum atomic E-state index is 12.0. The molecule has 4 aromatic rings. The Kier molecular flexibility index (Phi) is 5.75. The van der Waals surface area contributed by atoms with Gasteiger partial charge in [-0.3, -0.25) is 15.6 Å². The summed E-state index contributed by atoms with van der Waals surface area (Å²) in [5.41, 5.74) is 13.0. The Morgan fingerprint density at radius 2 is 1.87 bits per heavy atom. The third-order valence-electron chi connectivity index (χ3n) is 4.31. The highest BCUT2D eigenvalue weighted by atomic mass is 16.5. The second kappa shape index (κ2) is 8.95. The fraction of sp³-hybridized carbons (Fsp3) is 0.0909. The summed E-state index contributed by atoms with van der Waals surface area (Å²) in [5, 5.41) is 0.930. The van der Waals surface area contributed by atoms with E-state index in [0.29, 0.717) is 17.0 Å². The van der Waals surface area contributed by atoms with Gasteiger partial charge < -0.3 is 15.2 Å². The molecule has 0 bridgehead atoms. The van der Waals surface area contributed by atoms with Crippen molar-refractivity contribution in [2.24, 2.45) is 0 Å². The van der Waals surface area contributed by atoms with Gasteiger partial charge in [-0.1, -0.05) is 36.4 Å². The largest absolute Gasteiger partial charge is 0.484 e. The number of amides is 1. The van der Waals surface area contributed by atoms with E-state index in [1.807, 2.05) is 49.4 Å². The Hall–Kier alpha value is -4.40. The standard InChI is InChI=1S/C22H20N6O3/c1-14-10-11-15-6-5-9-17(20(15)26-14)31-22-19(23)21(24-13-25-22)28-27-18(29)12-30-16-7-3-2-4-8-16/h2-11,13H,12,23H2,1H3,(H,27,29)(H,24,25,28). The average Bonchev–Trinajstić information content (AvgIpc) is 2.79. The number of aromatic nitrogens is 3. The number of carbonyl (C=O) groups is 1. The van der Waals surface area contributed by atoms with Crippen molar-refractivity contribution in [3.8, 4) is 17.4 Å². The van der Waals surface area contributed by atoms with Crippen LogP contribution >= 0.6 is 0 Å². The topological polar surface area (TPSA) is 124 Å². The second-order valence-corrected chi connectivity index (χ2v) is 6.60. The molecule has 0 spiro atoms. The SMILES string of the molecule is Cc1ccc2cccc(Oc3ncnc(NNC(=O)COc4ccccc4)c3N)c2n1. The highest BCUT2D eigenvalue weighted by molar-refractivity contribution is 5.85. The minimum Gasteiger partial charge on any atom is -0.484 e. The first kappa shape index (κ1) is 19.9. The molecule has 9 heteroatoms. The van der Waals surface area contributed by atoms with Crippen LogP contribution in [-0.4, -0.2) is 27.5 Å². The van der Waals surface area contributed by atoms with Gasteiger partial charge in [0.2, 0.25) is 5.88 Å². The number of hydrogen-bond acceptors (Lipinski definition) is 8.